The number of hydrogen-bond donors (Lipinski definition) is 2. The van der Waals surface area contributed by atoms with Crippen molar-refractivity contribution < 1.29 is 22.8 Å². The second-order valence-corrected chi connectivity index (χ2v) is 7.93. The molecule has 1 aliphatic rings. The molecule has 0 saturated heterocycles. The molecule has 1 saturated carbocycles. The number of anilines is 1. The van der Waals surface area contributed by atoms with Crippen molar-refractivity contribution in [3.8, 4) is 0 Å². The highest BCUT2D eigenvalue weighted by Gasteiger charge is 2.79. The fourth-order valence-corrected chi connectivity index (χ4v) is 4.72. The molecule has 1 aliphatic carbocycles. The molecular weight excluding hydrogens is 403 g/mol. The third-order valence-corrected chi connectivity index (χ3v) is 5.94. The number of para-hydroxylation sites is 1. The molecule has 1 heterocycles. The van der Waals surface area contributed by atoms with E-state index in [0.29, 0.717) is 11.1 Å². The number of nitrogens with zero attached hydrogens (tertiary/aromatic N) is 1. The average Bonchev–Trinajstić information content (AvgIpc) is 3.17. The summed E-state index contributed by atoms with van der Waals surface area (Å²) >= 11 is 1.16. The fraction of sp³-hybridized carbons (Fsp3) is 0.250. The van der Waals surface area contributed by atoms with Crippen LogP contribution in [0, 0.1) is 5.92 Å². The van der Waals surface area contributed by atoms with Gasteiger partial charge in [-0.1, -0.05) is 53.8 Å². The van der Waals surface area contributed by atoms with Gasteiger partial charge in [-0.2, -0.15) is 13.2 Å². The maximum Gasteiger partial charge on any atom is 0.395 e. The van der Waals surface area contributed by atoms with Crippen LogP contribution in [0.1, 0.15) is 18.4 Å². The zero-order valence-electron chi connectivity index (χ0n) is 15.2. The van der Waals surface area contributed by atoms with Crippen LogP contribution in [0.5, 0.6) is 0 Å². The van der Waals surface area contributed by atoms with Crippen molar-refractivity contribution in [2.45, 2.75) is 24.6 Å². The van der Waals surface area contributed by atoms with Crippen LogP contribution in [-0.2, 0) is 9.59 Å². The summed E-state index contributed by atoms with van der Waals surface area (Å²) in [6, 6.07) is 15.1. The van der Waals surface area contributed by atoms with Crippen LogP contribution >= 0.6 is 11.3 Å². The van der Waals surface area contributed by atoms with E-state index in [1.54, 1.807) is 42.5 Å². The van der Waals surface area contributed by atoms with E-state index in [-0.39, 0.29) is 5.13 Å². The summed E-state index contributed by atoms with van der Waals surface area (Å²) in [5.41, 5.74) is -1.16. The van der Waals surface area contributed by atoms with Crippen LogP contribution in [0.4, 0.5) is 18.3 Å². The highest BCUT2D eigenvalue weighted by atomic mass is 32.1. The van der Waals surface area contributed by atoms with Gasteiger partial charge >= 0.3 is 6.18 Å². The molecule has 2 N–H and O–H groups in total. The Kier molecular flexibility index (Phi) is 4.57. The number of nitrogens with one attached hydrogen (secondary N) is 2. The average molecular weight is 419 g/mol. The number of amides is 2. The molecule has 0 radical (unpaired) electrons. The van der Waals surface area contributed by atoms with E-state index in [4.69, 9.17) is 0 Å². The van der Waals surface area contributed by atoms with E-state index >= 15 is 0 Å². The van der Waals surface area contributed by atoms with Crippen LogP contribution in [0.2, 0.25) is 0 Å². The van der Waals surface area contributed by atoms with Gasteiger partial charge in [0.1, 0.15) is 5.54 Å². The molecule has 29 heavy (non-hydrogen) atoms. The first-order valence-electron chi connectivity index (χ1n) is 8.81. The van der Waals surface area contributed by atoms with Gasteiger partial charge in [-0.25, -0.2) is 4.98 Å². The predicted molar refractivity (Wildman–Crippen MR) is 104 cm³/mol. The molecule has 0 spiro atoms. The fourth-order valence-electron chi connectivity index (χ4n) is 3.86. The van der Waals surface area contributed by atoms with Crippen LogP contribution in [0.3, 0.4) is 0 Å². The first-order valence-corrected chi connectivity index (χ1v) is 9.62. The topological polar surface area (TPSA) is 71.1 Å². The predicted octanol–water partition coefficient (Wildman–Crippen LogP) is 4.09. The molecule has 2 amide bonds. The number of halogens is 3. The molecule has 1 aromatic heterocycles. The molecule has 1 fully saturated rings. The second kappa shape index (κ2) is 6.84. The van der Waals surface area contributed by atoms with Crippen LogP contribution in [0.15, 0.2) is 54.6 Å². The summed E-state index contributed by atoms with van der Waals surface area (Å²) in [5, 5.41) is 4.97. The normalized spacial score (nSPS) is 23.6. The van der Waals surface area contributed by atoms with E-state index < -0.39 is 35.4 Å². The first-order chi connectivity index (χ1) is 13.7. The van der Waals surface area contributed by atoms with Crippen molar-refractivity contribution in [1.82, 2.24) is 10.3 Å². The number of hydrogen-bond acceptors (Lipinski definition) is 4. The third kappa shape index (κ3) is 3.35. The lowest BCUT2D eigenvalue weighted by molar-refractivity contribution is -0.158. The number of benzene rings is 2. The van der Waals surface area contributed by atoms with E-state index in [9.17, 15) is 22.8 Å². The maximum atomic E-state index is 13.8. The largest absolute Gasteiger partial charge is 0.395 e. The molecule has 0 aliphatic heterocycles. The number of aromatic nitrogens is 1. The van der Waals surface area contributed by atoms with Crippen LogP contribution in [0.25, 0.3) is 10.2 Å². The monoisotopic (exact) mass is 419 g/mol. The summed E-state index contributed by atoms with van der Waals surface area (Å²) in [7, 11) is 0. The Morgan fingerprint density at radius 2 is 1.72 bits per heavy atom. The first kappa shape index (κ1) is 19.4. The van der Waals surface area contributed by atoms with Crippen LogP contribution in [-0.4, -0.2) is 28.5 Å². The van der Waals surface area contributed by atoms with Crippen molar-refractivity contribution in [3.63, 3.8) is 0 Å². The number of carbonyl (C=O) groups is 2. The van der Waals surface area contributed by atoms with Gasteiger partial charge in [-0.3, -0.25) is 14.9 Å². The summed E-state index contributed by atoms with van der Waals surface area (Å²) in [4.78, 5) is 29.1. The van der Waals surface area contributed by atoms with Crippen molar-refractivity contribution >= 4 is 38.5 Å². The zero-order chi connectivity index (χ0) is 20.8. The lowest BCUT2D eigenvalue weighted by Crippen LogP contribution is -2.49. The Morgan fingerprint density at radius 1 is 1.07 bits per heavy atom. The molecule has 3 aromatic rings. The van der Waals surface area contributed by atoms with E-state index in [0.717, 1.165) is 23.0 Å². The lowest BCUT2D eigenvalue weighted by Gasteiger charge is -2.19. The molecular formula is C20H16F3N3O2S. The number of alkyl halides is 3. The van der Waals surface area contributed by atoms with Crippen molar-refractivity contribution in [3.05, 3.63) is 60.2 Å². The molecule has 2 aromatic carbocycles. The van der Waals surface area contributed by atoms with E-state index in [1.807, 2.05) is 0 Å². The van der Waals surface area contributed by atoms with Gasteiger partial charge in [0.2, 0.25) is 5.91 Å². The summed E-state index contributed by atoms with van der Waals surface area (Å²) in [6.45, 7) is 1.10. The van der Waals surface area contributed by atoms with Gasteiger partial charge in [-0.15, -0.1) is 0 Å². The smallest absolute Gasteiger partial charge is 0.341 e. The minimum Gasteiger partial charge on any atom is -0.341 e. The van der Waals surface area contributed by atoms with Crippen molar-refractivity contribution in [2.75, 3.05) is 5.32 Å². The standard InChI is InChI=1S/C20H16F3N3O2S/c1-11(27)26-19(15(16(19)20(21,22)23)12-7-3-2-4-8-12)17(28)25-18-24-13-9-5-6-10-14(13)29-18/h2-10,15-16H,1H3,(H,26,27)(H,24,25,28)/t15-,16-,19-/m1/s1. The molecule has 0 unspecified atom stereocenters. The van der Waals surface area contributed by atoms with Gasteiger partial charge < -0.3 is 5.32 Å². The zero-order valence-corrected chi connectivity index (χ0v) is 16.0. The Hall–Kier alpha value is -2.94. The SMILES string of the molecule is CC(=O)N[C@]1(C(=O)Nc2nc3ccccc3s2)[C@H](c2ccccc2)[C@H]1C(F)(F)F. The van der Waals surface area contributed by atoms with Gasteiger partial charge in [0.15, 0.2) is 5.13 Å². The molecule has 150 valence electrons. The highest BCUT2D eigenvalue weighted by molar-refractivity contribution is 7.22. The van der Waals surface area contributed by atoms with Gasteiger partial charge in [0.05, 0.1) is 16.1 Å². The maximum absolute atomic E-state index is 13.8. The molecule has 3 atom stereocenters. The van der Waals surface area contributed by atoms with E-state index in [1.165, 1.54) is 12.1 Å². The Morgan fingerprint density at radius 3 is 2.34 bits per heavy atom. The molecule has 9 heteroatoms. The minimum absolute atomic E-state index is 0.181. The number of thiazole rings is 1. The van der Waals surface area contributed by atoms with Gasteiger partial charge in [0, 0.05) is 12.8 Å². The number of fused-ring (bicyclic) bond motifs is 1. The Labute approximate surface area is 167 Å². The summed E-state index contributed by atoms with van der Waals surface area (Å²) < 4.78 is 42.3. The summed E-state index contributed by atoms with van der Waals surface area (Å²) in [6.07, 6.45) is -4.67. The van der Waals surface area contributed by atoms with Gasteiger partial charge in [0.25, 0.3) is 5.91 Å². The second-order valence-electron chi connectivity index (χ2n) is 6.90. The molecule has 0 bridgehead atoms. The Bertz CT molecular complexity index is 1050. The number of rotatable bonds is 4. The molecule has 5 nitrogen and oxygen atoms in total. The van der Waals surface area contributed by atoms with Crippen molar-refractivity contribution in [1.29, 1.82) is 0 Å². The Balaban J connectivity index is 1.73. The van der Waals surface area contributed by atoms with Crippen LogP contribution < -0.4 is 10.6 Å². The number of carbonyl (C=O) groups excluding carboxylic acids is 2. The lowest BCUT2D eigenvalue weighted by atomic mass is 10.1. The molecule has 4 rings (SSSR count). The van der Waals surface area contributed by atoms with E-state index in [2.05, 4.69) is 15.6 Å². The summed E-state index contributed by atoms with van der Waals surface area (Å²) in [5.74, 6) is -4.89. The minimum atomic E-state index is -4.67. The highest BCUT2D eigenvalue weighted by Crippen LogP contribution is 2.64. The quantitative estimate of drug-likeness (QED) is 0.669. The van der Waals surface area contributed by atoms with Crippen molar-refractivity contribution in [2.24, 2.45) is 5.92 Å². The third-order valence-electron chi connectivity index (χ3n) is 4.99. The van der Waals surface area contributed by atoms with Gasteiger partial charge in [-0.05, 0) is 17.7 Å².